The van der Waals surface area contributed by atoms with E-state index in [4.69, 9.17) is 44.9 Å². The quantitative estimate of drug-likeness (QED) is 0.108. The van der Waals surface area contributed by atoms with Crippen LogP contribution < -0.4 is 0 Å². The van der Waals surface area contributed by atoms with Crippen LogP contribution in [0.25, 0.3) is 179 Å². The van der Waals surface area contributed by atoms with Gasteiger partial charge in [-0.1, -0.05) is 276 Å². The van der Waals surface area contributed by atoms with Crippen molar-refractivity contribution >= 4 is 43.6 Å². The molecule has 0 radical (unpaired) electrons. The molecular weight excluding hydrogens is 1280 g/mol. The maximum Gasteiger partial charge on any atom is 0.182 e. The minimum atomic E-state index is -0.158. The number of pyridine rings is 6. The SMILES string of the molecule is CC(C)(C)c1cc(-c2ccc(-c3cccc(-c4nc(-c5ccccc5)nc(-c5ccccn5)n4)c3)cc2)c2ccc3ccc(-c4ccccc4)nc3c2n1.Cc1cc(-c2ccc(-c3cccc(-c4nc(-c5ccccc5)cc(-c5ccccn5)n4)c3)cc2)c2ccc3ccc(-c4ccccc4)nc3c2n1. The lowest BCUT2D eigenvalue weighted by molar-refractivity contribution is 0.572. The third-order valence-electron chi connectivity index (χ3n) is 18.9. The van der Waals surface area contributed by atoms with Crippen LogP contribution in [-0.4, -0.2) is 54.8 Å². The van der Waals surface area contributed by atoms with E-state index < -0.39 is 0 Å². The van der Waals surface area contributed by atoms with Gasteiger partial charge in [-0.2, -0.15) is 0 Å². The lowest BCUT2D eigenvalue weighted by atomic mass is 9.88. The van der Waals surface area contributed by atoms with Gasteiger partial charge in [-0.05, 0) is 118 Å². The van der Waals surface area contributed by atoms with Gasteiger partial charge in [0.05, 0.1) is 50.5 Å². The molecule has 0 spiro atoms. The first-order chi connectivity index (χ1) is 51.5. The second kappa shape index (κ2) is 28.0. The highest BCUT2D eigenvalue weighted by atomic mass is 15.0. The molecule has 0 N–H and O–H groups in total. The summed E-state index contributed by atoms with van der Waals surface area (Å²) in [6, 6.07) is 110. The molecule has 0 atom stereocenters. The number of aromatic nitrogens is 11. The zero-order valence-corrected chi connectivity index (χ0v) is 58.2. The molecule has 0 saturated heterocycles. The van der Waals surface area contributed by atoms with E-state index in [0.717, 1.165) is 161 Å². The fraction of sp³-hybridized carbons (Fsp3) is 0.0532. The molecule has 0 fully saturated rings. The molecule has 0 aliphatic rings. The van der Waals surface area contributed by atoms with Crippen LogP contribution in [0.15, 0.2) is 334 Å². The van der Waals surface area contributed by atoms with E-state index in [2.05, 4.69) is 226 Å². The molecule has 8 heterocycles. The summed E-state index contributed by atoms with van der Waals surface area (Å²) in [5.41, 5.74) is 25.4. The van der Waals surface area contributed by atoms with Gasteiger partial charge in [0, 0.05) is 84.1 Å². The molecule has 0 aliphatic carbocycles. The van der Waals surface area contributed by atoms with E-state index in [1.807, 2.05) is 133 Å². The van der Waals surface area contributed by atoms with Gasteiger partial charge in [-0.25, -0.2) is 39.9 Å². The first kappa shape index (κ1) is 64.6. The van der Waals surface area contributed by atoms with Crippen LogP contribution in [0.3, 0.4) is 0 Å². The Bertz CT molecular complexity index is 6100. The molecule has 10 aromatic carbocycles. The van der Waals surface area contributed by atoms with Crippen molar-refractivity contribution in [2.75, 3.05) is 0 Å². The van der Waals surface area contributed by atoms with Gasteiger partial charge in [-0.3, -0.25) is 15.0 Å². The number of rotatable bonds is 12. The minimum absolute atomic E-state index is 0.158. The third kappa shape index (κ3) is 13.5. The van der Waals surface area contributed by atoms with Gasteiger partial charge in [0.15, 0.2) is 23.3 Å². The van der Waals surface area contributed by atoms with E-state index in [0.29, 0.717) is 29.0 Å². The molecule has 0 saturated carbocycles. The Kier molecular flexibility index (Phi) is 17.2. The molecule has 11 heteroatoms. The zero-order chi connectivity index (χ0) is 70.8. The summed E-state index contributed by atoms with van der Waals surface area (Å²) in [5.74, 6) is 2.39. The number of hydrogen-bond acceptors (Lipinski definition) is 11. The summed E-state index contributed by atoms with van der Waals surface area (Å²) < 4.78 is 0. The summed E-state index contributed by atoms with van der Waals surface area (Å²) >= 11 is 0. The van der Waals surface area contributed by atoms with Gasteiger partial charge in [0.25, 0.3) is 0 Å². The van der Waals surface area contributed by atoms with Gasteiger partial charge >= 0.3 is 0 Å². The van der Waals surface area contributed by atoms with Crippen molar-refractivity contribution in [3.05, 3.63) is 345 Å². The highest BCUT2D eigenvalue weighted by Gasteiger charge is 2.22. The highest BCUT2D eigenvalue weighted by molar-refractivity contribution is 6.10. The fourth-order valence-electron chi connectivity index (χ4n) is 13.4. The Labute approximate surface area is 608 Å². The number of fused-ring (bicyclic) bond motifs is 6. The molecular formula is C94H67N11. The lowest BCUT2D eigenvalue weighted by Gasteiger charge is -2.21. The Morgan fingerprint density at radius 2 is 0.619 bits per heavy atom. The maximum atomic E-state index is 5.27. The lowest BCUT2D eigenvalue weighted by Crippen LogP contribution is -2.14. The van der Waals surface area contributed by atoms with Crippen LogP contribution in [0.5, 0.6) is 0 Å². The maximum absolute atomic E-state index is 5.27. The summed E-state index contributed by atoms with van der Waals surface area (Å²) in [5, 5.41) is 4.31. The Morgan fingerprint density at radius 1 is 0.219 bits per heavy atom. The molecule has 0 bridgehead atoms. The zero-order valence-electron chi connectivity index (χ0n) is 58.2. The Morgan fingerprint density at radius 3 is 1.12 bits per heavy atom. The second-order valence-corrected chi connectivity index (χ2v) is 27.1. The average molecular weight is 1350 g/mol. The van der Waals surface area contributed by atoms with Crippen molar-refractivity contribution in [1.82, 2.24) is 54.8 Å². The minimum Gasteiger partial charge on any atom is -0.255 e. The standard InChI is InChI=1S/C48H36N6.C46H31N5/c1-48(2,3)42-30-39(38-26-24-34-25-27-40(33-13-6-4-7-14-33)50-43(34)44(38)51-42)32-22-20-31(21-23-32)36-17-12-18-37(29-36)46-52-45(35-15-8-5-9-16-35)53-47(54-46)41-19-10-11-28-49-41;1-30-27-39(38-24-22-35-23-25-40(33-11-4-2-5-12-33)49-44(35)45(38)48-30)32-20-18-31(19-21-32)36-15-10-16-37(28-36)46-50-42(34-13-6-3-7-14-34)29-43(51-46)41-17-8-9-26-47-41/h4-30H,1-3H3;2-29H,1H3. The van der Waals surface area contributed by atoms with E-state index in [-0.39, 0.29) is 5.41 Å². The molecule has 18 aromatic rings. The molecule has 105 heavy (non-hydrogen) atoms. The smallest absolute Gasteiger partial charge is 0.182 e. The monoisotopic (exact) mass is 1350 g/mol. The third-order valence-corrected chi connectivity index (χ3v) is 18.9. The van der Waals surface area contributed by atoms with Crippen LogP contribution >= 0.6 is 0 Å². The van der Waals surface area contributed by atoms with Crippen molar-refractivity contribution in [3.63, 3.8) is 0 Å². The summed E-state index contributed by atoms with van der Waals surface area (Å²) in [6.45, 7) is 8.69. The average Bonchev–Trinajstić information content (AvgIpc) is 0.757. The predicted molar refractivity (Wildman–Crippen MR) is 427 cm³/mol. The topological polar surface area (TPSA) is 142 Å². The predicted octanol–water partition coefficient (Wildman–Crippen LogP) is 22.9. The Balaban J connectivity index is 0.000000155. The van der Waals surface area contributed by atoms with Crippen molar-refractivity contribution in [2.45, 2.75) is 33.1 Å². The number of nitrogens with zero attached hydrogens (tertiary/aromatic N) is 11. The van der Waals surface area contributed by atoms with E-state index in [1.54, 1.807) is 12.4 Å². The molecule has 11 nitrogen and oxygen atoms in total. The van der Waals surface area contributed by atoms with Crippen LogP contribution in [0.4, 0.5) is 0 Å². The number of benzene rings is 10. The van der Waals surface area contributed by atoms with Gasteiger partial charge in [0.2, 0.25) is 0 Å². The molecule has 0 aliphatic heterocycles. The second-order valence-electron chi connectivity index (χ2n) is 27.1. The van der Waals surface area contributed by atoms with Gasteiger partial charge < -0.3 is 0 Å². The van der Waals surface area contributed by atoms with Crippen LogP contribution in [-0.2, 0) is 5.41 Å². The molecule has 18 rings (SSSR count). The normalized spacial score (nSPS) is 11.4. The summed E-state index contributed by atoms with van der Waals surface area (Å²) in [7, 11) is 0. The first-order valence-electron chi connectivity index (χ1n) is 35.1. The van der Waals surface area contributed by atoms with Crippen molar-refractivity contribution in [1.29, 1.82) is 0 Å². The van der Waals surface area contributed by atoms with Crippen molar-refractivity contribution in [2.24, 2.45) is 0 Å². The van der Waals surface area contributed by atoms with E-state index in [9.17, 15) is 0 Å². The van der Waals surface area contributed by atoms with E-state index >= 15 is 0 Å². The largest absolute Gasteiger partial charge is 0.255 e. The van der Waals surface area contributed by atoms with Gasteiger partial charge in [-0.15, -0.1) is 0 Å². The van der Waals surface area contributed by atoms with Crippen LogP contribution in [0.1, 0.15) is 32.2 Å². The molecule has 0 amide bonds. The van der Waals surface area contributed by atoms with Crippen LogP contribution in [0, 0.1) is 6.92 Å². The number of hydrogen-bond donors (Lipinski definition) is 0. The first-order valence-corrected chi connectivity index (χ1v) is 35.1. The van der Waals surface area contributed by atoms with Crippen molar-refractivity contribution in [3.8, 4) is 135 Å². The Hall–Kier alpha value is -13.8. The molecule has 498 valence electrons. The molecule has 0 unspecified atom stereocenters. The molecule has 8 aromatic heterocycles. The fourth-order valence-corrected chi connectivity index (χ4v) is 13.4. The van der Waals surface area contributed by atoms with Gasteiger partial charge in [0.1, 0.15) is 5.69 Å². The van der Waals surface area contributed by atoms with Crippen LogP contribution in [0.2, 0.25) is 0 Å². The van der Waals surface area contributed by atoms with Crippen molar-refractivity contribution < 1.29 is 0 Å². The highest BCUT2D eigenvalue weighted by Crippen LogP contribution is 2.40. The summed E-state index contributed by atoms with van der Waals surface area (Å²) in [4.78, 5) is 54.3. The van der Waals surface area contributed by atoms with E-state index in [1.165, 1.54) is 0 Å². The summed E-state index contributed by atoms with van der Waals surface area (Å²) in [6.07, 6.45) is 3.55. The number of aryl methyl sites for hydroxylation is 1.